The maximum Gasteiger partial charge on any atom is 0.208 e. The molecule has 2 unspecified atom stereocenters. The number of aryl methyl sites for hydroxylation is 1. The van der Waals surface area contributed by atoms with Gasteiger partial charge in [0.2, 0.25) is 5.89 Å². The van der Waals surface area contributed by atoms with Crippen molar-refractivity contribution < 1.29 is 4.42 Å². The van der Waals surface area contributed by atoms with Gasteiger partial charge in [0.25, 0.3) is 0 Å². The summed E-state index contributed by atoms with van der Waals surface area (Å²) in [6, 6.07) is 0.652. The lowest BCUT2D eigenvalue weighted by Gasteiger charge is -2.15. The first kappa shape index (κ1) is 14.6. The molecule has 0 aromatic carbocycles. The Bertz CT molecular complexity index is 361. The van der Waals surface area contributed by atoms with Crippen molar-refractivity contribution in [3.8, 4) is 0 Å². The summed E-state index contributed by atoms with van der Waals surface area (Å²) in [5.74, 6) is 2.79. The van der Waals surface area contributed by atoms with Crippen LogP contribution in [0.3, 0.4) is 0 Å². The highest BCUT2D eigenvalue weighted by atomic mass is 16.4. The number of hydrogen-bond donors (Lipinski definition) is 1. The van der Waals surface area contributed by atoms with Gasteiger partial charge < -0.3 is 9.73 Å². The number of nitrogens with one attached hydrogen (secondary N) is 1. The highest BCUT2D eigenvalue weighted by Crippen LogP contribution is 2.26. The summed E-state index contributed by atoms with van der Waals surface area (Å²) in [5, 5.41) is 3.62. The Morgan fingerprint density at radius 1 is 1.26 bits per heavy atom. The topological polar surface area (TPSA) is 38.1 Å². The summed E-state index contributed by atoms with van der Waals surface area (Å²) < 4.78 is 5.64. The molecule has 1 aliphatic rings. The molecule has 1 aromatic rings. The second-order valence-corrected chi connectivity index (χ2v) is 5.81. The van der Waals surface area contributed by atoms with Gasteiger partial charge in [-0.1, -0.05) is 39.5 Å². The third-order valence-electron chi connectivity index (χ3n) is 4.28. The van der Waals surface area contributed by atoms with Gasteiger partial charge in [-0.3, -0.25) is 0 Å². The van der Waals surface area contributed by atoms with Crippen molar-refractivity contribution in [3.63, 3.8) is 0 Å². The van der Waals surface area contributed by atoms with Crippen LogP contribution in [0.2, 0.25) is 0 Å². The Balaban J connectivity index is 1.73. The van der Waals surface area contributed by atoms with Crippen LogP contribution in [0.1, 0.15) is 70.4 Å². The molecular formula is C16H28N2O. The van der Waals surface area contributed by atoms with Gasteiger partial charge in [-0.15, -0.1) is 0 Å². The summed E-state index contributed by atoms with van der Waals surface area (Å²) in [7, 11) is 0. The monoisotopic (exact) mass is 264 g/mol. The zero-order valence-electron chi connectivity index (χ0n) is 12.5. The second kappa shape index (κ2) is 7.68. The van der Waals surface area contributed by atoms with E-state index in [0.717, 1.165) is 30.5 Å². The zero-order valence-corrected chi connectivity index (χ0v) is 12.5. The summed E-state index contributed by atoms with van der Waals surface area (Å²) in [6.45, 7) is 5.18. The second-order valence-electron chi connectivity index (χ2n) is 5.81. The molecule has 2 rings (SSSR count). The summed E-state index contributed by atoms with van der Waals surface area (Å²) >= 11 is 0. The fraction of sp³-hybridized carbons (Fsp3) is 0.812. The molecule has 3 nitrogen and oxygen atoms in total. The highest BCUT2D eigenvalue weighted by Gasteiger charge is 2.18. The minimum atomic E-state index is 0.652. The Hall–Kier alpha value is -0.830. The molecule has 1 N–H and O–H groups in total. The Morgan fingerprint density at radius 3 is 2.89 bits per heavy atom. The van der Waals surface area contributed by atoms with E-state index >= 15 is 0 Å². The molecule has 0 spiro atoms. The molecular weight excluding hydrogens is 236 g/mol. The first-order chi connectivity index (χ1) is 9.31. The fourth-order valence-corrected chi connectivity index (χ4v) is 3.10. The van der Waals surface area contributed by atoms with Crippen LogP contribution in [-0.2, 0) is 13.0 Å². The van der Waals surface area contributed by atoms with Crippen molar-refractivity contribution in [2.45, 2.75) is 77.8 Å². The Labute approximate surface area is 117 Å². The van der Waals surface area contributed by atoms with E-state index in [1.807, 2.05) is 6.20 Å². The van der Waals surface area contributed by atoms with Gasteiger partial charge in [0, 0.05) is 12.5 Å². The average molecular weight is 264 g/mol. The van der Waals surface area contributed by atoms with Gasteiger partial charge in [-0.2, -0.15) is 0 Å². The fourth-order valence-electron chi connectivity index (χ4n) is 3.10. The zero-order chi connectivity index (χ0) is 13.5. The predicted molar refractivity (Wildman–Crippen MR) is 78.0 cm³/mol. The van der Waals surface area contributed by atoms with Crippen LogP contribution in [0.15, 0.2) is 10.6 Å². The van der Waals surface area contributed by atoms with Crippen LogP contribution < -0.4 is 5.32 Å². The van der Waals surface area contributed by atoms with E-state index in [4.69, 9.17) is 4.42 Å². The quantitative estimate of drug-likeness (QED) is 0.787. The first-order valence-corrected chi connectivity index (χ1v) is 7.98. The lowest BCUT2D eigenvalue weighted by Crippen LogP contribution is -2.28. The molecule has 19 heavy (non-hydrogen) atoms. The molecule has 1 fully saturated rings. The van der Waals surface area contributed by atoms with E-state index in [0.29, 0.717) is 6.04 Å². The number of rotatable bonds is 6. The normalized spacial score (nSPS) is 24.3. The number of hydrogen-bond acceptors (Lipinski definition) is 3. The number of aromatic nitrogens is 1. The van der Waals surface area contributed by atoms with Gasteiger partial charge >= 0.3 is 0 Å². The minimum Gasteiger partial charge on any atom is -0.444 e. The molecule has 0 saturated heterocycles. The lowest BCUT2D eigenvalue weighted by molar-refractivity contribution is 0.385. The molecule has 108 valence electrons. The molecule has 0 bridgehead atoms. The molecule has 1 aliphatic carbocycles. The maximum atomic E-state index is 5.64. The Kier molecular flexibility index (Phi) is 5.90. The average Bonchev–Trinajstić information content (AvgIpc) is 2.77. The van der Waals surface area contributed by atoms with Gasteiger partial charge in [-0.05, 0) is 25.2 Å². The number of oxazole rings is 1. The predicted octanol–water partition coefficient (Wildman–Crippen LogP) is 4.08. The third kappa shape index (κ3) is 4.64. The van der Waals surface area contributed by atoms with Crippen molar-refractivity contribution in [2.24, 2.45) is 5.92 Å². The van der Waals surface area contributed by atoms with Crippen LogP contribution >= 0.6 is 0 Å². The van der Waals surface area contributed by atoms with E-state index in [1.54, 1.807) is 0 Å². The summed E-state index contributed by atoms with van der Waals surface area (Å²) in [5.41, 5.74) is 0. The smallest absolute Gasteiger partial charge is 0.208 e. The van der Waals surface area contributed by atoms with Crippen molar-refractivity contribution in [1.82, 2.24) is 10.3 Å². The molecule has 1 heterocycles. The van der Waals surface area contributed by atoms with Crippen LogP contribution in [-0.4, -0.2) is 11.0 Å². The molecule has 0 radical (unpaired) electrons. The molecule has 1 saturated carbocycles. The van der Waals surface area contributed by atoms with E-state index < -0.39 is 0 Å². The van der Waals surface area contributed by atoms with E-state index in [9.17, 15) is 0 Å². The SMILES string of the molecule is CCCC1CCCC(NCc2ncc(CC)o2)CC1. The van der Waals surface area contributed by atoms with Crippen LogP contribution in [0.4, 0.5) is 0 Å². The van der Waals surface area contributed by atoms with Crippen molar-refractivity contribution >= 4 is 0 Å². The minimum absolute atomic E-state index is 0.652. The van der Waals surface area contributed by atoms with Crippen LogP contribution in [0.5, 0.6) is 0 Å². The van der Waals surface area contributed by atoms with Crippen LogP contribution in [0.25, 0.3) is 0 Å². The standard InChI is InChI=1S/C16H28N2O/c1-3-6-13-7-5-8-14(10-9-13)17-12-16-18-11-15(4-2)19-16/h11,13-14,17H,3-10,12H2,1-2H3. The summed E-state index contributed by atoms with van der Waals surface area (Å²) in [6.07, 6.45) is 12.3. The Morgan fingerprint density at radius 2 is 2.16 bits per heavy atom. The van der Waals surface area contributed by atoms with Gasteiger partial charge in [-0.25, -0.2) is 4.98 Å². The first-order valence-electron chi connectivity index (χ1n) is 7.98. The summed E-state index contributed by atoms with van der Waals surface area (Å²) in [4.78, 5) is 4.31. The number of nitrogens with zero attached hydrogens (tertiary/aromatic N) is 1. The third-order valence-corrected chi connectivity index (χ3v) is 4.28. The molecule has 3 heteroatoms. The van der Waals surface area contributed by atoms with E-state index in [1.165, 1.54) is 44.9 Å². The largest absolute Gasteiger partial charge is 0.444 e. The van der Waals surface area contributed by atoms with E-state index in [-0.39, 0.29) is 0 Å². The van der Waals surface area contributed by atoms with Gasteiger partial charge in [0.05, 0.1) is 12.7 Å². The van der Waals surface area contributed by atoms with Crippen molar-refractivity contribution in [1.29, 1.82) is 0 Å². The van der Waals surface area contributed by atoms with E-state index in [2.05, 4.69) is 24.1 Å². The lowest BCUT2D eigenvalue weighted by atomic mass is 9.95. The molecule has 1 aromatic heterocycles. The van der Waals surface area contributed by atoms with Crippen molar-refractivity contribution in [2.75, 3.05) is 0 Å². The van der Waals surface area contributed by atoms with Crippen LogP contribution in [0, 0.1) is 5.92 Å². The van der Waals surface area contributed by atoms with Crippen molar-refractivity contribution in [3.05, 3.63) is 17.8 Å². The molecule has 0 aliphatic heterocycles. The van der Waals surface area contributed by atoms with Gasteiger partial charge in [0.15, 0.2) is 0 Å². The highest BCUT2D eigenvalue weighted by molar-refractivity contribution is 4.93. The molecule has 0 amide bonds. The molecule has 2 atom stereocenters. The maximum absolute atomic E-state index is 5.64. The van der Waals surface area contributed by atoms with Gasteiger partial charge in [0.1, 0.15) is 5.76 Å².